The highest BCUT2D eigenvalue weighted by atomic mass is 32.1. The molecule has 0 aliphatic heterocycles. The van der Waals surface area contributed by atoms with Gasteiger partial charge < -0.3 is 20.1 Å². The van der Waals surface area contributed by atoms with Crippen LogP contribution in [0.4, 0.5) is 11.4 Å². The van der Waals surface area contributed by atoms with Gasteiger partial charge in [0.15, 0.2) is 5.55 Å². The van der Waals surface area contributed by atoms with E-state index in [9.17, 15) is 19.5 Å². The molecule has 0 saturated heterocycles. The number of unbranched alkanes of at least 4 members (excludes halogenated alkanes) is 3. The smallest absolute Gasteiger partial charge is 0.311 e. The highest BCUT2D eigenvalue weighted by molar-refractivity contribution is 7.78. The van der Waals surface area contributed by atoms with E-state index in [2.05, 4.69) is 22.3 Å². The number of rotatable bonds is 14. The van der Waals surface area contributed by atoms with Crippen LogP contribution in [0.5, 0.6) is 0 Å². The maximum atomic E-state index is 13.2. The van der Waals surface area contributed by atoms with Gasteiger partial charge in [0.05, 0.1) is 18.7 Å². The fourth-order valence-corrected chi connectivity index (χ4v) is 4.25. The van der Waals surface area contributed by atoms with Crippen LogP contribution in [0.25, 0.3) is 10.8 Å². The van der Waals surface area contributed by atoms with Gasteiger partial charge >= 0.3 is 5.97 Å². The summed E-state index contributed by atoms with van der Waals surface area (Å²) in [4.78, 5) is 38.3. The van der Waals surface area contributed by atoms with Crippen LogP contribution < -0.4 is 10.2 Å². The Hall–Kier alpha value is -3.62. The molecule has 0 bridgehead atoms. The maximum absolute atomic E-state index is 13.2. The summed E-state index contributed by atoms with van der Waals surface area (Å²) in [7, 11) is 0. The summed E-state index contributed by atoms with van der Waals surface area (Å²) >= 11 is 4.47. The molecule has 0 fully saturated rings. The van der Waals surface area contributed by atoms with Gasteiger partial charge in [0.25, 0.3) is 0 Å². The fourth-order valence-electron chi connectivity index (χ4n) is 4.14. The highest BCUT2D eigenvalue weighted by Gasteiger charge is 2.18. The van der Waals surface area contributed by atoms with Crippen LogP contribution >= 0.6 is 12.2 Å². The number of thiocarbonyl (C=S) groups is 1. The van der Waals surface area contributed by atoms with Gasteiger partial charge in [-0.1, -0.05) is 61.4 Å². The number of fused-ring (bicyclic) bond motifs is 1. The van der Waals surface area contributed by atoms with Crippen LogP contribution in [-0.4, -0.2) is 41.6 Å². The van der Waals surface area contributed by atoms with Crippen molar-refractivity contribution in [2.75, 3.05) is 23.4 Å². The lowest BCUT2D eigenvalue weighted by Crippen LogP contribution is -2.34. The minimum absolute atomic E-state index is 0.0750. The van der Waals surface area contributed by atoms with Gasteiger partial charge in [-0.25, -0.2) is 0 Å². The summed E-state index contributed by atoms with van der Waals surface area (Å²) in [5.74, 6) is -0.515. The molecular weight excluding hydrogens is 488 g/mol. The lowest BCUT2D eigenvalue weighted by atomic mass is 10.1. The molecule has 3 aromatic carbocycles. The Bertz CT molecular complexity index is 1210. The van der Waals surface area contributed by atoms with Gasteiger partial charge in [0.1, 0.15) is 0 Å². The predicted molar refractivity (Wildman–Crippen MR) is 150 cm³/mol. The molecule has 0 aliphatic carbocycles. The number of amides is 2. The Morgan fingerprint density at radius 1 is 0.892 bits per heavy atom. The number of nitrogens with zero attached hydrogens (tertiary/aromatic N) is 1. The summed E-state index contributed by atoms with van der Waals surface area (Å²) in [5, 5.41) is 14.5. The summed E-state index contributed by atoms with van der Waals surface area (Å²) in [6.45, 7) is 0.0679. The average Bonchev–Trinajstić information content (AvgIpc) is 2.90. The van der Waals surface area contributed by atoms with Crippen LogP contribution in [0.1, 0.15) is 44.1 Å². The zero-order valence-electron chi connectivity index (χ0n) is 20.7. The van der Waals surface area contributed by atoms with Crippen LogP contribution in [0, 0.1) is 0 Å². The third kappa shape index (κ3) is 8.77. The first-order valence-corrected chi connectivity index (χ1v) is 12.9. The second kappa shape index (κ2) is 14.8. The number of esters is 1. The van der Waals surface area contributed by atoms with Gasteiger partial charge in [-0.2, -0.15) is 0 Å². The molecule has 0 unspecified atom stereocenters. The second-order valence-corrected chi connectivity index (χ2v) is 8.88. The molecule has 194 valence electrons. The molecule has 0 saturated carbocycles. The Balaban J connectivity index is 1.49. The molecular formula is C29H32N2O5S. The third-order valence-electron chi connectivity index (χ3n) is 5.99. The number of carbonyl (C=O) groups is 3. The first-order chi connectivity index (χ1) is 18.0. The molecule has 37 heavy (non-hydrogen) atoms. The topological polar surface area (TPSA) is 95.9 Å². The molecule has 3 rings (SSSR count). The molecule has 7 nitrogen and oxygen atoms in total. The highest BCUT2D eigenvalue weighted by Crippen LogP contribution is 2.27. The normalized spacial score (nSPS) is 10.6. The maximum Gasteiger partial charge on any atom is 0.311 e. The van der Waals surface area contributed by atoms with E-state index in [0.29, 0.717) is 24.9 Å². The molecule has 0 radical (unpaired) electrons. The SMILES string of the molecule is O=C(CCCCCCC(=O)OC=S)Nc1ccc(CC(=O)N(CCO)c2cccc3ccccc23)cc1. The zero-order chi connectivity index (χ0) is 26.5. The third-order valence-corrected chi connectivity index (χ3v) is 6.09. The van der Waals surface area contributed by atoms with Crippen molar-refractivity contribution in [2.24, 2.45) is 0 Å². The zero-order valence-corrected chi connectivity index (χ0v) is 21.5. The van der Waals surface area contributed by atoms with Gasteiger partial charge in [0.2, 0.25) is 11.8 Å². The van der Waals surface area contributed by atoms with E-state index in [0.717, 1.165) is 46.8 Å². The monoisotopic (exact) mass is 520 g/mol. The van der Waals surface area contributed by atoms with E-state index >= 15 is 0 Å². The van der Waals surface area contributed by atoms with Crippen LogP contribution in [0.2, 0.25) is 0 Å². The van der Waals surface area contributed by atoms with E-state index in [1.807, 2.05) is 54.6 Å². The van der Waals surface area contributed by atoms with Gasteiger partial charge in [-0.3, -0.25) is 14.4 Å². The number of anilines is 2. The van der Waals surface area contributed by atoms with Crippen LogP contribution in [-0.2, 0) is 25.5 Å². The number of hydrogen-bond acceptors (Lipinski definition) is 6. The van der Waals surface area contributed by atoms with Crippen molar-refractivity contribution in [3.63, 3.8) is 0 Å². The molecule has 0 aromatic heterocycles. The van der Waals surface area contributed by atoms with E-state index < -0.39 is 0 Å². The number of hydrogen-bond donors (Lipinski definition) is 2. The second-order valence-electron chi connectivity index (χ2n) is 8.69. The van der Waals surface area contributed by atoms with E-state index in [1.54, 1.807) is 17.0 Å². The van der Waals surface area contributed by atoms with Crippen molar-refractivity contribution in [1.29, 1.82) is 0 Å². The van der Waals surface area contributed by atoms with E-state index in [1.165, 1.54) is 0 Å². The first-order valence-electron chi connectivity index (χ1n) is 12.4. The molecule has 0 heterocycles. The number of aliphatic hydroxyl groups excluding tert-OH is 1. The number of ether oxygens (including phenoxy) is 1. The predicted octanol–water partition coefficient (Wildman–Crippen LogP) is 5.19. The Labute approximate surface area is 222 Å². The average molecular weight is 521 g/mol. The lowest BCUT2D eigenvalue weighted by molar-refractivity contribution is -0.135. The fraction of sp³-hybridized carbons (Fsp3) is 0.310. The van der Waals surface area contributed by atoms with Crippen LogP contribution in [0.3, 0.4) is 0 Å². The first kappa shape index (κ1) is 28.0. The van der Waals surface area contributed by atoms with Crippen molar-refractivity contribution in [2.45, 2.75) is 44.9 Å². The van der Waals surface area contributed by atoms with Gasteiger partial charge in [-0.15, -0.1) is 0 Å². The molecule has 8 heteroatoms. The standard InChI is InChI=1S/C29H32N2O5S/c32-19-18-31(26-11-7-9-23-8-5-6-10-25(23)26)28(34)20-22-14-16-24(17-15-22)30-27(33)12-3-1-2-4-13-29(35)36-21-37/h5-11,14-17,21,32H,1-4,12-13,18-20H2,(H,30,33). The molecule has 0 spiro atoms. The Morgan fingerprint density at radius 3 is 2.32 bits per heavy atom. The molecule has 2 N–H and O–H groups in total. The summed E-state index contributed by atoms with van der Waals surface area (Å²) in [6, 6.07) is 20.9. The quantitative estimate of drug-likeness (QED) is 0.173. The summed E-state index contributed by atoms with van der Waals surface area (Å²) < 4.78 is 4.60. The Kier molecular flexibility index (Phi) is 11.2. The minimum Gasteiger partial charge on any atom is -0.423 e. The largest absolute Gasteiger partial charge is 0.423 e. The van der Waals surface area contributed by atoms with Gasteiger partial charge in [0, 0.05) is 30.5 Å². The minimum atomic E-state index is -0.326. The van der Waals surface area contributed by atoms with Crippen LogP contribution in [0.15, 0.2) is 66.7 Å². The number of aliphatic hydroxyl groups is 1. The molecule has 2 amide bonds. The van der Waals surface area contributed by atoms with Crippen molar-refractivity contribution >= 4 is 57.7 Å². The molecule has 3 aromatic rings. The Morgan fingerprint density at radius 2 is 1.59 bits per heavy atom. The summed E-state index contributed by atoms with van der Waals surface area (Å²) in [5.41, 5.74) is 3.23. The van der Waals surface area contributed by atoms with Crippen molar-refractivity contribution < 1.29 is 24.2 Å². The number of nitrogens with one attached hydrogen (secondary N) is 1. The molecule has 0 aliphatic rings. The van der Waals surface area contributed by atoms with E-state index in [4.69, 9.17) is 0 Å². The summed E-state index contributed by atoms with van der Waals surface area (Å²) in [6.07, 6.45) is 4.03. The van der Waals surface area contributed by atoms with E-state index in [-0.39, 0.29) is 37.4 Å². The van der Waals surface area contributed by atoms with Crippen molar-refractivity contribution in [3.8, 4) is 0 Å². The lowest BCUT2D eigenvalue weighted by Gasteiger charge is -2.24. The van der Waals surface area contributed by atoms with Crippen molar-refractivity contribution in [3.05, 3.63) is 72.3 Å². The van der Waals surface area contributed by atoms with Gasteiger partial charge in [-0.05, 0) is 54.2 Å². The van der Waals surface area contributed by atoms with Crippen molar-refractivity contribution in [1.82, 2.24) is 0 Å². The molecule has 0 atom stereocenters. The number of benzene rings is 3. The number of carbonyl (C=O) groups excluding carboxylic acids is 3.